The molecule has 0 bridgehead atoms. The SMILES string of the molecule is c1ccc(-c2nc(-c3ccc(-c4ccc(-c5ccc6c(c5)C5(c7ccccc7-c7ccccc75)c5ccccc5-6)cc4)cc3)cc(-c3ccc(-c4cccnc4)cc3)n2)cc1. The molecule has 0 atom stereocenters. The molecule has 12 rings (SSSR count). The molecule has 0 N–H and O–H groups in total. The Morgan fingerprint density at radius 1 is 0.279 bits per heavy atom. The van der Waals surface area contributed by atoms with Crippen LogP contribution >= 0.6 is 0 Å². The zero-order chi connectivity index (χ0) is 40.3. The lowest BCUT2D eigenvalue weighted by Gasteiger charge is -2.30. The molecule has 2 aliphatic rings. The Morgan fingerprint density at radius 3 is 1.20 bits per heavy atom. The van der Waals surface area contributed by atoms with Gasteiger partial charge in [0.05, 0.1) is 16.8 Å². The second kappa shape index (κ2) is 14.1. The summed E-state index contributed by atoms with van der Waals surface area (Å²) in [7, 11) is 0. The maximum absolute atomic E-state index is 5.08. The first kappa shape index (κ1) is 35.0. The van der Waals surface area contributed by atoms with Gasteiger partial charge in [-0.2, -0.15) is 0 Å². The molecule has 61 heavy (non-hydrogen) atoms. The zero-order valence-corrected chi connectivity index (χ0v) is 33.2. The van der Waals surface area contributed by atoms with E-state index in [1.807, 2.05) is 30.5 Å². The molecule has 2 heterocycles. The van der Waals surface area contributed by atoms with Crippen molar-refractivity contribution in [2.45, 2.75) is 5.41 Å². The summed E-state index contributed by atoms with van der Waals surface area (Å²) in [6, 6.07) is 76.6. The third kappa shape index (κ3) is 5.62. The molecule has 0 radical (unpaired) electrons. The van der Waals surface area contributed by atoms with Crippen molar-refractivity contribution >= 4 is 0 Å². The average Bonchev–Trinajstić information content (AvgIpc) is 3.82. The highest BCUT2D eigenvalue weighted by Crippen LogP contribution is 2.63. The molecule has 0 saturated heterocycles. The van der Waals surface area contributed by atoms with E-state index in [4.69, 9.17) is 9.97 Å². The molecule has 0 saturated carbocycles. The molecule has 8 aromatic carbocycles. The van der Waals surface area contributed by atoms with Gasteiger partial charge in [-0.25, -0.2) is 9.97 Å². The van der Waals surface area contributed by atoms with Gasteiger partial charge in [-0.05, 0) is 96.1 Å². The molecule has 0 fully saturated rings. The van der Waals surface area contributed by atoms with Crippen LogP contribution in [0.1, 0.15) is 22.3 Å². The van der Waals surface area contributed by atoms with E-state index in [-0.39, 0.29) is 5.41 Å². The molecule has 0 unspecified atom stereocenters. The number of benzene rings is 8. The highest BCUT2D eigenvalue weighted by Gasteiger charge is 2.51. The van der Waals surface area contributed by atoms with Crippen molar-refractivity contribution < 1.29 is 0 Å². The van der Waals surface area contributed by atoms with Gasteiger partial charge in [-0.3, -0.25) is 4.98 Å². The summed E-state index contributed by atoms with van der Waals surface area (Å²) in [6.45, 7) is 0. The lowest BCUT2D eigenvalue weighted by atomic mass is 9.70. The van der Waals surface area contributed by atoms with Gasteiger partial charge < -0.3 is 0 Å². The van der Waals surface area contributed by atoms with E-state index in [1.54, 1.807) is 6.20 Å². The van der Waals surface area contributed by atoms with Gasteiger partial charge in [0.15, 0.2) is 5.82 Å². The molecule has 284 valence electrons. The normalized spacial score (nSPS) is 12.7. The van der Waals surface area contributed by atoms with E-state index in [0.717, 1.165) is 44.8 Å². The Morgan fingerprint density at radius 2 is 0.689 bits per heavy atom. The molecular formula is C58H37N3. The van der Waals surface area contributed by atoms with Gasteiger partial charge in [0, 0.05) is 29.1 Å². The maximum atomic E-state index is 5.08. The number of fused-ring (bicyclic) bond motifs is 10. The number of pyridine rings is 1. The molecule has 3 nitrogen and oxygen atoms in total. The first-order chi connectivity index (χ1) is 30.2. The van der Waals surface area contributed by atoms with Gasteiger partial charge >= 0.3 is 0 Å². The predicted molar refractivity (Wildman–Crippen MR) is 249 cm³/mol. The summed E-state index contributed by atoms with van der Waals surface area (Å²) in [5.74, 6) is 0.701. The average molecular weight is 776 g/mol. The number of nitrogens with zero attached hydrogens (tertiary/aromatic N) is 3. The van der Waals surface area contributed by atoms with Crippen molar-refractivity contribution in [2.24, 2.45) is 0 Å². The third-order valence-corrected chi connectivity index (χ3v) is 12.7. The van der Waals surface area contributed by atoms with Crippen molar-refractivity contribution in [1.29, 1.82) is 0 Å². The van der Waals surface area contributed by atoms with E-state index >= 15 is 0 Å². The monoisotopic (exact) mass is 775 g/mol. The Hall–Kier alpha value is -8.01. The van der Waals surface area contributed by atoms with Crippen LogP contribution in [0.2, 0.25) is 0 Å². The molecule has 10 aromatic rings. The number of hydrogen-bond donors (Lipinski definition) is 0. The summed E-state index contributed by atoms with van der Waals surface area (Å²) >= 11 is 0. The molecule has 0 aliphatic heterocycles. The molecule has 1 spiro atoms. The molecule has 0 amide bonds. The third-order valence-electron chi connectivity index (χ3n) is 12.7. The summed E-state index contributed by atoms with van der Waals surface area (Å²) in [5.41, 5.74) is 22.1. The second-order valence-electron chi connectivity index (χ2n) is 15.9. The quantitative estimate of drug-likeness (QED) is 0.169. The minimum Gasteiger partial charge on any atom is -0.264 e. The van der Waals surface area contributed by atoms with Crippen LogP contribution in [-0.4, -0.2) is 15.0 Å². The van der Waals surface area contributed by atoms with Crippen LogP contribution in [0.15, 0.2) is 225 Å². The Labute approximate surface area is 355 Å². The summed E-state index contributed by atoms with van der Waals surface area (Å²) < 4.78 is 0. The summed E-state index contributed by atoms with van der Waals surface area (Å²) in [5, 5.41) is 0. The van der Waals surface area contributed by atoms with Crippen LogP contribution in [0.25, 0.3) is 89.5 Å². The van der Waals surface area contributed by atoms with Crippen molar-refractivity contribution in [3.63, 3.8) is 0 Å². The van der Waals surface area contributed by atoms with Gasteiger partial charge in [0.25, 0.3) is 0 Å². The van der Waals surface area contributed by atoms with Crippen molar-refractivity contribution in [3.8, 4) is 89.5 Å². The lowest BCUT2D eigenvalue weighted by molar-refractivity contribution is 0.794. The van der Waals surface area contributed by atoms with Crippen LogP contribution < -0.4 is 0 Å². The van der Waals surface area contributed by atoms with Crippen molar-refractivity contribution in [1.82, 2.24) is 15.0 Å². The highest BCUT2D eigenvalue weighted by molar-refractivity contribution is 5.96. The molecule has 2 aliphatic carbocycles. The Kier molecular flexibility index (Phi) is 8.07. The van der Waals surface area contributed by atoms with E-state index in [1.165, 1.54) is 61.2 Å². The Balaban J connectivity index is 0.875. The van der Waals surface area contributed by atoms with Gasteiger partial charge in [0.1, 0.15) is 0 Å². The molecular weight excluding hydrogens is 739 g/mol. The van der Waals surface area contributed by atoms with Crippen LogP contribution in [0.5, 0.6) is 0 Å². The van der Waals surface area contributed by atoms with E-state index in [9.17, 15) is 0 Å². The largest absolute Gasteiger partial charge is 0.264 e. The number of aromatic nitrogens is 3. The fraction of sp³-hybridized carbons (Fsp3) is 0.0172. The smallest absolute Gasteiger partial charge is 0.160 e. The van der Waals surface area contributed by atoms with Crippen LogP contribution in [0.4, 0.5) is 0 Å². The topological polar surface area (TPSA) is 38.7 Å². The zero-order valence-electron chi connectivity index (χ0n) is 33.2. The van der Waals surface area contributed by atoms with Crippen molar-refractivity contribution in [2.75, 3.05) is 0 Å². The van der Waals surface area contributed by atoms with E-state index in [0.29, 0.717) is 5.82 Å². The van der Waals surface area contributed by atoms with Crippen molar-refractivity contribution in [3.05, 3.63) is 247 Å². The van der Waals surface area contributed by atoms with Crippen LogP contribution in [0, 0.1) is 0 Å². The van der Waals surface area contributed by atoms with E-state index in [2.05, 4.69) is 193 Å². The summed E-state index contributed by atoms with van der Waals surface area (Å²) in [4.78, 5) is 14.4. The molecule has 3 heteroatoms. The minimum atomic E-state index is -0.353. The predicted octanol–water partition coefficient (Wildman–Crippen LogP) is 14.2. The standard InChI is InChI=1S/C58H37N3/c1-2-11-44(12-3-1)57-60-55(36-56(61-57)43-30-26-41(27-31-43)46-13-10-34-59-37-46)42-28-24-39(25-29-42)38-20-22-40(23-21-38)45-32-33-50-49-16-6-9-19-53(49)58(54(50)35-45)51-17-7-4-14-47(51)48-15-5-8-18-52(48)58/h1-37H. The molecule has 2 aromatic heterocycles. The van der Waals surface area contributed by atoms with Gasteiger partial charge in [-0.1, -0.05) is 194 Å². The second-order valence-corrected chi connectivity index (χ2v) is 15.9. The highest BCUT2D eigenvalue weighted by atomic mass is 14.9. The fourth-order valence-corrected chi connectivity index (χ4v) is 9.79. The first-order valence-corrected chi connectivity index (χ1v) is 20.8. The number of hydrogen-bond acceptors (Lipinski definition) is 3. The van der Waals surface area contributed by atoms with Crippen LogP contribution in [0.3, 0.4) is 0 Å². The van der Waals surface area contributed by atoms with Gasteiger partial charge in [-0.15, -0.1) is 0 Å². The first-order valence-electron chi connectivity index (χ1n) is 20.8. The van der Waals surface area contributed by atoms with Crippen LogP contribution in [-0.2, 0) is 5.41 Å². The minimum absolute atomic E-state index is 0.353. The summed E-state index contributed by atoms with van der Waals surface area (Å²) in [6.07, 6.45) is 3.69. The maximum Gasteiger partial charge on any atom is 0.160 e. The fourth-order valence-electron chi connectivity index (χ4n) is 9.79. The lowest BCUT2D eigenvalue weighted by Crippen LogP contribution is -2.25. The Bertz CT molecular complexity index is 3200. The van der Waals surface area contributed by atoms with Gasteiger partial charge in [0.2, 0.25) is 0 Å². The van der Waals surface area contributed by atoms with E-state index < -0.39 is 0 Å². The number of rotatable bonds is 6.